The maximum atomic E-state index is 13.2. The van der Waals surface area contributed by atoms with Crippen molar-refractivity contribution in [3.63, 3.8) is 0 Å². The van der Waals surface area contributed by atoms with Gasteiger partial charge in [0.25, 0.3) is 5.91 Å². The molecule has 31 heavy (non-hydrogen) atoms. The molecule has 0 spiro atoms. The normalized spacial score (nSPS) is 17.6. The largest absolute Gasteiger partial charge is 0.508 e. The Kier molecular flexibility index (Phi) is 6.22. The number of hydrogen-bond donors (Lipinski definition) is 2. The average Bonchev–Trinajstić information content (AvgIpc) is 2.69. The molecule has 2 aromatic rings. The van der Waals surface area contributed by atoms with Gasteiger partial charge in [0.1, 0.15) is 5.75 Å². The predicted octanol–water partition coefficient (Wildman–Crippen LogP) is 4.39. The third kappa shape index (κ3) is 5.30. The van der Waals surface area contributed by atoms with E-state index in [1.54, 1.807) is 19.1 Å². The van der Waals surface area contributed by atoms with Crippen molar-refractivity contribution < 1.29 is 36.2 Å². The third-order valence-electron chi connectivity index (χ3n) is 5.19. The number of halogens is 6. The van der Waals surface area contributed by atoms with Crippen molar-refractivity contribution in [2.45, 2.75) is 31.7 Å². The van der Waals surface area contributed by atoms with Gasteiger partial charge in [-0.3, -0.25) is 4.79 Å². The molecule has 2 aromatic carbocycles. The molecule has 2 N–H and O–H groups in total. The number of hydrogen-bond acceptors (Lipinski definition) is 3. The Hall–Kier alpha value is -2.75. The van der Waals surface area contributed by atoms with Gasteiger partial charge in [0.2, 0.25) is 0 Å². The van der Waals surface area contributed by atoms with Gasteiger partial charge in [-0.1, -0.05) is 12.1 Å². The molecular formula is C21H20F6N2O2. The van der Waals surface area contributed by atoms with Crippen molar-refractivity contribution in [1.82, 2.24) is 10.2 Å². The second-order valence-corrected chi connectivity index (χ2v) is 7.48. The highest BCUT2D eigenvalue weighted by Gasteiger charge is 2.38. The van der Waals surface area contributed by atoms with E-state index in [1.807, 2.05) is 0 Å². The maximum absolute atomic E-state index is 13.2. The highest BCUT2D eigenvalue weighted by molar-refractivity contribution is 5.95. The standard InChI is InChI=1S/C21H20F6N2O2/c1-12-2-3-13(7-18(12)30)6-17-11-28-4-5-29(17)19(31)14-8-15(20(22,23)24)10-16(9-14)21(25,26)27/h2-3,7-10,17,28,30H,4-6,11H2,1H3. The summed E-state index contributed by atoms with van der Waals surface area (Å²) < 4.78 is 78.9. The Bertz CT molecular complexity index is 939. The molecular weight excluding hydrogens is 426 g/mol. The van der Waals surface area contributed by atoms with E-state index in [1.165, 1.54) is 11.0 Å². The number of piperazine rings is 1. The van der Waals surface area contributed by atoms with Gasteiger partial charge >= 0.3 is 12.4 Å². The highest BCUT2D eigenvalue weighted by Crippen LogP contribution is 2.36. The van der Waals surface area contributed by atoms with E-state index in [9.17, 15) is 36.2 Å². The molecule has 1 heterocycles. The molecule has 3 rings (SSSR count). The number of aryl methyl sites for hydroxylation is 1. The monoisotopic (exact) mass is 446 g/mol. The summed E-state index contributed by atoms with van der Waals surface area (Å²) in [5.74, 6) is -0.841. The zero-order valence-corrected chi connectivity index (χ0v) is 16.4. The van der Waals surface area contributed by atoms with Gasteiger partial charge in [0.05, 0.1) is 11.1 Å². The summed E-state index contributed by atoms with van der Waals surface area (Å²) in [5, 5.41) is 13.0. The van der Waals surface area contributed by atoms with Gasteiger partial charge in [0, 0.05) is 31.2 Å². The third-order valence-corrected chi connectivity index (χ3v) is 5.19. The van der Waals surface area contributed by atoms with Crippen LogP contribution in [0.15, 0.2) is 36.4 Å². The Labute approximate surface area is 174 Å². The molecule has 1 amide bonds. The van der Waals surface area contributed by atoms with Gasteiger partial charge in [-0.25, -0.2) is 0 Å². The molecule has 1 unspecified atom stereocenters. The number of phenolic OH excluding ortho intramolecular Hbond substituents is 1. The summed E-state index contributed by atoms with van der Waals surface area (Å²) >= 11 is 0. The second kappa shape index (κ2) is 8.41. The number of nitrogens with zero attached hydrogens (tertiary/aromatic N) is 1. The molecule has 0 radical (unpaired) electrons. The topological polar surface area (TPSA) is 52.6 Å². The van der Waals surface area contributed by atoms with Crippen molar-refractivity contribution in [3.8, 4) is 5.75 Å². The molecule has 1 aliphatic rings. The van der Waals surface area contributed by atoms with Crippen LogP contribution in [0, 0.1) is 6.92 Å². The molecule has 10 heteroatoms. The number of aromatic hydroxyl groups is 1. The number of carbonyl (C=O) groups is 1. The van der Waals surface area contributed by atoms with Crippen molar-refractivity contribution in [1.29, 1.82) is 0 Å². The minimum absolute atomic E-state index is 0.00109. The summed E-state index contributed by atoms with van der Waals surface area (Å²) in [5.41, 5.74) is -2.38. The fourth-order valence-corrected chi connectivity index (χ4v) is 3.51. The fraction of sp³-hybridized carbons (Fsp3) is 0.381. The second-order valence-electron chi connectivity index (χ2n) is 7.48. The number of amides is 1. The lowest BCUT2D eigenvalue weighted by Crippen LogP contribution is -2.54. The molecule has 0 aromatic heterocycles. The zero-order chi connectivity index (χ0) is 23.0. The lowest BCUT2D eigenvalue weighted by molar-refractivity contribution is -0.143. The SMILES string of the molecule is Cc1ccc(CC2CNCCN2C(=O)c2cc(C(F)(F)F)cc(C(F)(F)F)c2)cc1O. The molecule has 0 bridgehead atoms. The Morgan fingerprint density at radius 1 is 1.06 bits per heavy atom. The van der Waals surface area contributed by atoms with Gasteiger partial charge in [-0.2, -0.15) is 26.3 Å². The van der Waals surface area contributed by atoms with E-state index in [4.69, 9.17) is 0 Å². The molecule has 1 fully saturated rings. The van der Waals surface area contributed by atoms with E-state index in [2.05, 4.69) is 5.32 Å². The molecule has 0 saturated carbocycles. The smallest absolute Gasteiger partial charge is 0.416 e. The van der Waals surface area contributed by atoms with Crippen LogP contribution in [0.25, 0.3) is 0 Å². The summed E-state index contributed by atoms with van der Waals surface area (Å²) in [4.78, 5) is 14.3. The summed E-state index contributed by atoms with van der Waals surface area (Å²) in [7, 11) is 0. The quantitative estimate of drug-likeness (QED) is 0.688. The van der Waals surface area contributed by atoms with Crippen molar-refractivity contribution in [2.75, 3.05) is 19.6 Å². The van der Waals surface area contributed by atoms with Crippen LogP contribution in [0.3, 0.4) is 0 Å². The van der Waals surface area contributed by atoms with Crippen LogP contribution in [-0.2, 0) is 18.8 Å². The number of carbonyl (C=O) groups excluding carboxylic acids is 1. The predicted molar refractivity (Wildman–Crippen MR) is 101 cm³/mol. The lowest BCUT2D eigenvalue weighted by atomic mass is 9.99. The molecule has 1 atom stereocenters. The number of nitrogens with one attached hydrogen (secondary N) is 1. The fourth-order valence-electron chi connectivity index (χ4n) is 3.51. The van der Waals surface area contributed by atoms with Crippen molar-refractivity contribution in [2.24, 2.45) is 0 Å². The first-order valence-corrected chi connectivity index (χ1v) is 9.46. The van der Waals surface area contributed by atoms with Crippen molar-refractivity contribution in [3.05, 3.63) is 64.2 Å². The number of alkyl halides is 6. The minimum atomic E-state index is -5.03. The van der Waals surface area contributed by atoms with E-state index >= 15 is 0 Å². The molecule has 1 saturated heterocycles. The Balaban J connectivity index is 1.94. The van der Waals surface area contributed by atoms with Crippen LogP contribution < -0.4 is 5.32 Å². The van der Waals surface area contributed by atoms with Gasteiger partial charge in [-0.05, 0) is 48.7 Å². The summed E-state index contributed by atoms with van der Waals surface area (Å²) in [6, 6.07) is 5.36. The van der Waals surface area contributed by atoms with Crippen LogP contribution in [0.1, 0.15) is 32.6 Å². The first-order valence-electron chi connectivity index (χ1n) is 9.46. The van der Waals surface area contributed by atoms with Gasteiger partial charge < -0.3 is 15.3 Å². The first kappa shape index (κ1) is 22.9. The van der Waals surface area contributed by atoms with Crippen LogP contribution in [0.4, 0.5) is 26.3 Å². The lowest BCUT2D eigenvalue weighted by Gasteiger charge is -2.36. The molecule has 1 aliphatic heterocycles. The van der Waals surface area contributed by atoms with E-state index in [0.717, 1.165) is 0 Å². The highest BCUT2D eigenvalue weighted by atomic mass is 19.4. The summed E-state index contributed by atoms with van der Waals surface area (Å²) in [6.07, 6.45) is -9.78. The average molecular weight is 446 g/mol. The number of benzene rings is 2. The van der Waals surface area contributed by atoms with E-state index in [0.29, 0.717) is 36.3 Å². The minimum Gasteiger partial charge on any atom is -0.508 e. The number of rotatable bonds is 3. The first-order chi connectivity index (χ1) is 14.4. The van der Waals surface area contributed by atoms with Crippen LogP contribution in [-0.4, -0.2) is 41.6 Å². The Morgan fingerprint density at radius 2 is 1.68 bits per heavy atom. The van der Waals surface area contributed by atoms with Crippen molar-refractivity contribution >= 4 is 5.91 Å². The van der Waals surface area contributed by atoms with E-state index in [-0.39, 0.29) is 24.8 Å². The zero-order valence-electron chi connectivity index (χ0n) is 16.4. The van der Waals surface area contributed by atoms with Gasteiger partial charge in [0.15, 0.2) is 0 Å². The maximum Gasteiger partial charge on any atom is 0.416 e. The Morgan fingerprint density at radius 3 is 2.23 bits per heavy atom. The summed E-state index contributed by atoms with van der Waals surface area (Å²) in [6.45, 7) is 2.50. The molecule has 0 aliphatic carbocycles. The number of phenols is 1. The van der Waals surface area contributed by atoms with E-state index < -0.39 is 41.0 Å². The van der Waals surface area contributed by atoms with Crippen LogP contribution in [0.5, 0.6) is 5.75 Å². The van der Waals surface area contributed by atoms with Gasteiger partial charge in [-0.15, -0.1) is 0 Å². The van der Waals surface area contributed by atoms with Crippen LogP contribution in [0.2, 0.25) is 0 Å². The molecule has 4 nitrogen and oxygen atoms in total. The molecule has 168 valence electrons. The van der Waals surface area contributed by atoms with Crippen LogP contribution >= 0.6 is 0 Å².